The molecular formula is C14H12ClIN2O3. The van der Waals surface area contributed by atoms with Crippen LogP contribution in [-0.2, 0) is 6.54 Å². The lowest BCUT2D eigenvalue weighted by atomic mass is 10.2. The Kier molecular flexibility index (Phi) is 4.89. The van der Waals surface area contributed by atoms with E-state index in [9.17, 15) is 14.7 Å². The normalized spacial score (nSPS) is 10.4. The molecule has 1 heterocycles. The second-order valence-electron chi connectivity index (χ2n) is 4.28. The van der Waals surface area contributed by atoms with Crippen LogP contribution in [0.3, 0.4) is 0 Å². The maximum Gasteiger partial charge on any atom is 0.337 e. The van der Waals surface area contributed by atoms with Gasteiger partial charge in [0.2, 0.25) is 0 Å². The summed E-state index contributed by atoms with van der Waals surface area (Å²) >= 11 is 7.92. The van der Waals surface area contributed by atoms with E-state index < -0.39 is 11.9 Å². The number of benzene rings is 1. The highest BCUT2D eigenvalue weighted by Gasteiger charge is 2.17. The SMILES string of the molecule is CCn1cc(Cl)cc1C(=O)Nc1ccc(I)cc1C(=O)O. The molecule has 0 bridgehead atoms. The lowest BCUT2D eigenvalue weighted by Crippen LogP contribution is -2.18. The fourth-order valence-corrected chi connectivity index (χ4v) is 2.63. The van der Waals surface area contributed by atoms with E-state index in [0.717, 1.165) is 3.57 Å². The number of nitrogens with one attached hydrogen (secondary N) is 1. The number of carboxylic acid groups (broad SMARTS) is 1. The smallest absolute Gasteiger partial charge is 0.337 e. The number of carboxylic acids is 1. The predicted octanol–water partition coefficient (Wildman–Crippen LogP) is 3.72. The Hall–Kier alpha value is -1.54. The summed E-state index contributed by atoms with van der Waals surface area (Å²) in [7, 11) is 0. The summed E-state index contributed by atoms with van der Waals surface area (Å²) < 4.78 is 2.48. The molecule has 110 valence electrons. The molecule has 0 aliphatic heterocycles. The van der Waals surface area contributed by atoms with Crippen LogP contribution < -0.4 is 5.32 Å². The van der Waals surface area contributed by atoms with Gasteiger partial charge in [0.05, 0.1) is 16.3 Å². The van der Waals surface area contributed by atoms with E-state index in [2.05, 4.69) is 5.32 Å². The molecule has 0 saturated heterocycles. The number of nitrogens with zero attached hydrogens (tertiary/aromatic N) is 1. The maximum absolute atomic E-state index is 12.3. The summed E-state index contributed by atoms with van der Waals surface area (Å²) in [6, 6.07) is 6.36. The van der Waals surface area contributed by atoms with Gasteiger partial charge in [-0.25, -0.2) is 4.79 Å². The Morgan fingerprint density at radius 1 is 1.38 bits per heavy atom. The second-order valence-corrected chi connectivity index (χ2v) is 5.96. The molecule has 2 N–H and O–H groups in total. The maximum atomic E-state index is 12.3. The molecule has 0 spiro atoms. The number of carbonyl (C=O) groups is 2. The quantitative estimate of drug-likeness (QED) is 0.744. The molecule has 5 nitrogen and oxygen atoms in total. The Labute approximate surface area is 140 Å². The third-order valence-electron chi connectivity index (χ3n) is 2.90. The highest BCUT2D eigenvalue weighted by Crippen LogP contribution is 2.21. The van der Waals surface area contributed by atoms with E-state index in [-0.39, 0.29) is 11.3 Å². The summed E-state index contributed by atoms with van der Waals surface area (Å²) in [5.74, 6) is -1.49. The average Bonchev–Trinajstić information content (AvgIpc) is 2.81. The first-order valence-electron chi connectivity index (χ1n) is 6.12. The number of amides is 1. The minimum Gasteiger partial charge on any atom is -0.478 e. The van der Waals surface area contributed by atoms with E-state index >= 15 is 0 Å². The third-order valence-corrected chi connectivity index (χ3v) is 3.77. The lowest BCUT2D eigenvalue weighted by Gasteiger charge is -2.10. The van der Waals surface area contributed by atoms with E-state index in [1.807, 2.05) is 29.5 Å². The topological polar surface area (TPSA) is 71.3 Å². The molecule has 0 atom stereocenters. The largest absolute Gasteiger partial charge is 0.478 e. The molecule has 1 aromatic heterocycles. The van der Waals surface area contributed by atoms with Gasteiger partial charge >= 0.3 is 5.97 Å². The van der Waals surface area contributed by atoms with Crippen LogP contribution in [0.15, 0.2) is 30.5 Å². The van der Waals surface area contributed by atoms with Crippen LogP contribution in [0.1, 0.15) is 27.8 Å². The summed E-state index contributed by atoms with van der Waals surface area (Å²) in [4.78, 5) is 23.5. The molecule has 7 heteroatoms. The van der Waals surface area contributed by atoms with Crippen molar-refractivity contribution in [2.45, 2.75) is 13.5 Å². The summed E-state index contributed by atoms with van der Waals surface area (Å²) in [6.45, 7) is 2.48. The minimum atomic E-state index is -1.09. The number of aryl methyl sites for hydroxylation is 1. The van der Waals surface area contributed by atoms with Gasteiger partial charge in [-0.05, 0) is 53.8 Å². The standard InChI is InChI=1S/C14H12ClIN2O3/c1-2-18-7-8(15)5-12(18)13(19)17-11-4-3-9(16)6-10(11)14(20)21/h3-7H,2H2,1H3,(H,17,19)(H,20,21). The zero-order chi connectivity index (χ0) is 15.6. The van der Waals surface area contributed by atoms with Crippen molar-refractivity contribution < 1.29 is 14.7 Å². The van der Waals surface area contributed by atoms with Crippen LogP contribution in [0.25, 0.3) is 0 Å². The van der Waals surface area contributed by atoms with E-state index in [1.54, 1.807) is 29.0 Å². The number of aromatic carboxylic acids is 1. The van der Waals surface area contributed by atoms with E-state index in [4.69, 9.17) is 11.6 Å². The molecule has 0 unspecified atom stereocenters. The molecule has 2 aromatic rings. The van der Waals surface area contributed by atoms with Gasteiger partial charge in [0.15, 0.2) is 0 Å². The van der Waals surface area contributed by atoms with E-state index in [0.29, 0.717) is 17.3 Å². The number of anilines is 1. The van der Waals surface area contributed by atoms with Gasteiger partial charge in [0, 0.05) is 16.3 Å². The third kappa shape index (κ3) is 3.56. The van der Waals surface area contributed by atoms with Crippen molar-refractivity contribution in [3.8, 4) is 0 Å². The Bertz CT molecular complexity index is 712. The zero-order valence-electron chi connectivity index (χ0n) is 11.1. The highest BCUT2D eigenvalue weighted by atomic mass is 127. The lowest BCUT2D eigenvalue weighted by molar-refractivity contribution is 0.0698. The van der Waals surface area contributed by atoms with Gasteiger partial charge < -0.3 is 15.0 Å². The fourth-order valence-electron chi connectivity index (χ4n) is 1.92. The van der Waals surface area contributed by atoms with Gasteiger partial charge in [0.25, 0.3) is 5.91 Å². The molecule has 0 fully saturated rings. The van der Waals surface area contributed by atoms with Crippen molar-refractivity contribution >= 4 is 51.8 Å². The van der Waals surface area contributed by atoms with Crippen LogP contribution in [0.2, 0.25) is 5.02 Å². The molecule has 0 aliphatic carbocycles. The molecule has 1 amide bonds. The number of hydrogen-bond acceptors (Lipinski definition) is 2. The summed E-state index contributed by atoms with van der Waals surface area (Å²) in [6.07, 6.45) is 1.66. The van der Waals surface area contributed by atoms with Gasteiger partial charge in [-0.2, -0.15) is 0 Å². The number of aromatic nitrogens is 1. The van der Waals surface area contributed by atoms with Crippen LogP contribution in [0, 0.1) is 3.57 Å². The van der Waals surface area contributed by atoms with Crippen LogP contribution in [0.4, 0.5) is 5.69 Å². The molecule has 1 aromatic carbocycles. The van der Waals surface area contributed by atoms with Crippen LogP contribution in [0.5, 0.6) is 0 Å². The van der Waals surface area contributed by atoms with Gasteiger partial charge in [0.1, 0.15) is 5.69 Å². The molecular weight excluding hydrogens is 407 g/mol. The second kappa shape index (κ2) is 6.48. The average molecular weight is 419 g/mol. The number of halogens is 2. The molecule has 2 rings (SSSR count). The van der Waals surface area contributed by atoms with Crippen LogP contribution >= 0.6 is 34.2 Å². The van der Waals surface area contributed by atoms with Crippen molar-refractivity contribution in [2.24, 2.45) is 0 Å². The molecule has 0 aliphatic rings. The Balaban J connectivity index is 2.33. The van der Waals surface area contributed by atoms with Crippen molar-refractivity contribution in [2.75, 3.05) is 5.32 Å². The Morgan fingerprint density at radius 2 is 2.10 bits per heavy atom. The van der Waals surface area contributed by atoms with Crippen molar-refractivity contribution in [3.63, 3.8) is 0 Å². The zero-order valence-corrected chi connectivity index (χ0v) is 14.0. The number of carbonyl (C=O) groups excluding carboxylic acids is 1. The molecule has 0 radical (unpaired) electrons. The molecule has 0 saturated carbocycles. The first-order valence-corrected chi connectivity index (χ1v) is 7.58. The van der Waals surface area contributed by atoms with Crippen molar-refractivity contribution in [3.05, 3.63) is 50.3 Å². The van der Waals surface area contributed by atoms with Gasteiger partial charge in [-0.1, -0.05) is 11.6 Å². The van der Waals surface area contributed by atoms with Gasteiger partial charge in [-0.15, -0.1) is 0 Å². The highest BCUT2D eigenvalue weighted by molar-refractivity contribution is 14.1. The first-order chi connectivity index (χ1) is 9.92. The minimum absolute atomic E-state index is 0.0518. The van der Waals surface area contributed by atoms with Crippen LogP contribution in [-0.4, -0.2) is 21.6 Å². The summed E-state index contributed by atoms with van der Waals surface area (Å²) in [5, 5.41) is 12.3. The number of hydrogen-bond donors (Lipinski definition) is 2. The van der Waals surface area contributed by atoms with E-state index in [1.165, 1.54) is 6.07 Å². The van der Waals surface area contributed by atoms with Crippen molar-refractivity contribution in [1.29, 1.82) is 0 Å². The number of rotatable bonds is 4. The predicted molar refractivity (Wildman–Crippen MR) is 89.2 cm³/mol. The fraction of sp³-hybridized carbons (Fsp3) is 0.143. The summed E-state index contributed by atoms with van der Waals surface area (Å²) in [5.41, 5.74) is 0.696. The van der Waals surface area contributed by atoms with Crippen molar-refractivity contribution in [1.82, 2.24) is 4.57 Å². The Morgan fingerprint density at radius 3 is 2.71 bits per heavy atom. The van der Waals surface area contributed by atoms with Gasteiger partial charge in [-0.3, -0.25) is 4.79 Å². The monoisotopic (exact) mass is 418 g/mol. The first kappa shape index (κ1) is 15.8. The molecule has 21 heavy (non-hydrogen) atoms.